The number of hydrogen-bond donors (Lipinski definition) is 3. The van der Waals surface area contributed by atoms with E-state index in [4.69, 9.17) is 4.74 Å². The van der Waals surface area contributed by atoms with Gasteiger partial charge in [-0.1, -0.05) is 6.92 Å². The highest BCUT2D eigenvalue weighted by Gasteiger charge is 2.39. The number of ether oxygens (including phenoxy) is 1. The number of carbonyl (C=O) groups is 1. The van der Waals surface area contributed by atoms with E-state index in [1.165, 1.54) is 12.8 Å². The van der Waals surface area contributed by atoms with Crippen LogP contribution >= 0.6 is 0 Å². The van der Waals surface area contributed by atoms with Gasteiger partial charge in [-0.15, -0.1) is 0 Å². The maximum atomic E-state index is 12.0. The molecule has 3 N–H and O–H groups in total. The fraction of sp³-hybridized carbons (Fsp3) is 0.933. The molecular formula is C15H28N2O3. The molecule has 2 fully saturated rings. The van der Waals surface area contributed by atoms with E-state index in [-0.39, 0.29) is 12.0 Å². The van der Waals surface area contributed by atoms with E-state index in [2.05, 4.69) is 17.6 Å². The SMILES string of the molecule is CC(CC(=O)NCC1(O)CCOC1C)C1CCCNC1. The molecule has 20 heavy (non-hydrogen) atoms. The second-order valence-electron chi connectivity index (χ2n) is 6.43. The molecule has 4 atom stereocenters. The van der Waals surface area contributed by atoms with Crippen molar-refractivity contribution in [2.45, 2.75) is 51.2 Å². The Kier molecular flexibility index (Phi) is 5.41. The minimum Gasteiger partial charge on any atom is -0.385 e. The zero-order valence-electron chi connectivity index (χ0n) is 12.7. The Labute approximate surface area is 121 Å². The quantitative estimate of drug-likeness (QED) is 0.694. The third-order valence-electron chi connectivity index (χ3n) is 4.90. The summed E-state index contributed by atoms with van der Waals surface area (Å²) in [5, 5.41) is 16.6. The summed E-state index contributed by atoms with van der Waals surface area (Å²) in [5.41, 5.74) is -0.898. The van der Waals surface area contributed by atoms with Crippen molar-refractivity contribution in [3.63, 3.8) is 0 Å². The lowest BCUT2D eigenvalue weighted by atomic mass is 9.85. The highest BCUT2D eigenvalue weighted by atomic mass is 16.5. The normalized spacial score (nSPS) is 35.8. The molecule has 0 radical (unpaired) electrons. The molecule has 0 aromatic rings. The molecule has 5 nitrogen and oxygen atoms in total. The van der Waals surface area contributed by atoms with Gasteiger partial charge in [-0.3, -0.25) is 4.79 Å². The van der Waals surface area contributed by atoms with Gasteiger partial charge in [-0.25, -0.2) is 0 Å². The van der Waals surface area contributed by atoms with Crippen LogP contribution in [0.4, 0.5) is 0 Å². The Morgan fingerprint density at radius 2 is 2.40 bits per heavy atom. The number of amides is 1. The van der Waals surface area contributed by atoms with Gasteiger partial charge in [0.25, 0.3) is 0 Å². The van der Waals surface area contributed by atoms with Crippen LogP contribution in [0.5, 0.6) is 0 Å². The summed E-state index contributed by atoms with van der Waals surface area (Å²) in [5.74, 6) is 1.01. The highest BCUT2D eigenvalue weighted by molar-refractivity contribution is 5.76. The lowest BCUT2D eigenvalue weighted by molar-refractivity contribution is -0.124. The van der Waals surface area contributed by atoms with Gasteiger partial charge < -0.3 is 20.5 Å². The van der Waals surface area contributed by atoms with E-state index >= 15 is 0 Å². The average molecular weight is 284 g/mol. The first kappa shape index (κ1) is 15.7. The summed E-state index contributed by atoms with van der Waals surface area (Å²) in [6.07, 6.45) is 3.33. The summed E-state index contributed by atoms with van der Waals surface area (Å²) in [7, 11) is 0. The van der Waals surface area contributed by atoms with E-state index in [9.17, 15) is 9.90 Å². The molecular weight excluding hydrogens is 256 g/mol. The molecule has 2 aliphatic rings. The van der Waals surface area contributed by atoms with Crippen LogP contribution in [0.2, 0.25) is 0 Å². The third kappa shape index (κ3) is 3.93. The van der Waals surface area contributed by atoms with Crippen LogP contribution in [0, 0.1) is 11.8 Å². The predicted octanol–water partition coefficient (Wildman–Crippen LogP) is 0.668. The highest BCUT2D eigenvalue weighted by Crippen LogP contribution is 2.25. The van der Waals surface area contributed by atoms with Gasteiger partial charge in [0.1, 0.15) is 5.60 Å². The van der Waals surface area contributed by atoms with Crippen molar-refractivity contribution >= 4 is 5.91 Å². The summed E-state index contributed by atoms with van der Waals surface area (Å²) in [6.45, 7) is 6.98. The first-order valence-corrected chi connectivity index (χ1v) is 7.82. The van der Waals surface area contributed by atoms with Crippen LogP contribution in [0.3, 0.4) is 0 Å². The van der Waals surface area contributed by atoms with E-state index in [0.29, 0.717) is 37.8 Å². The average Bonchev–Trinajstić information content (AvgIpc) is 2.78. The van der Waals surface area contributed by atoms with Gasteiger partial charge in [0.15, 0.2) is 0 Å². The molecule has 0 aromatic carbocycles. The molecule has 0 aliphatic carbocycles. The van der Waals surface area contributed by atoms with E-state index in [1.54, 1.807) is 0 Å². The topological polar surface area (TPSA) is 70.6 Å². The number of piperidine rings is 1. The molecule has 2 saturated heterocycles. The number of aliphatic hydroxyl groups is 1. The van der Waals surface area contributed by atoms with Gasteiger partial charge in [0.05, 0.1) is 6.10 Å². The molecule has 2 aliphatic heterocycles. The lowest BCUT2D eigenvalue weighted by Crippen LogP contribution is -2.48. The van der Waals surface area contributed by atoms with Gasteiger partial charge in [-0.2, -0.15) is 0 Å². The van der Waals surface area contributed by atoms with Crippen LogP contribution in [0.1, 0.15) is 39.5 Å². The molecule has 2 rings (SSSR count). The minimum absolute atomic E-state index is 0.0376. The van der Waals surface area contributed by atoms with Crippen molar-refractivity contribution in [3.8, 4) is 0 Å². The molecule has 0 spiro atoms. The fourth-order valence-electron chi connectivity index (χ4n) is 3.15. The van der Waals surface area contributed by atoms with E-state index in [1.807, 2.05) is 6.92 Å². The second kappa shape index (κ2) is 6.87. The second-order valence-corrected chi connectivity index (χ2v) is 6.43. The molecule has 1 amide bonds. The molecule has 0 bridgehead atoms. The van der Waals surface area contributed by atoms with Crippen LogP contribution < -0.4 is 10.6 Å². The summed E-state index contributed by atoms with van der Waals surface area (Å²) < 4.78 is 5.37. The number of hydrogen-bond acceptors (Lipinski definition) is 4. The zero-order valence-corrected chi connectivity index (χ0v) is 12.7. The van der Waals surface area contributed by atoms with Crippen molar-refractivity contribution in [2.24, 2.45) is 11.8 Å². The van der Waals surface area contributed by atoms with Crippen LogP contribution in [-0.2, 0) is 9.53 Å². The Hall–Kier alpha value is -0.650. The van der Waals surface area contributed by atoms with Crippen molar-refractivity contribution < 1.29 is 14.6 Å². The van der Waals surface area contributed by atoms with Crippen molar-refractivity contribution in [1.29, 1.82) is 0 Å². The molecule has 2 heterocycles. The Balaban J connectivity index is 1.72. The first-order valence-electron chi connectivity index (χ1n) is 7.82. The van der Waals surface area contributed by atoms with Gasteiger partial charge in [0.2, 0.25) is 5.91 Å². The van der Waals surface area contributed by atoms with Crippen molar-refractivity contribution in [2.75, 3.05) is 26.2 Å². The first-order chi connectivity index (χ1) is 9.51. The largest absolute Gasteiger partial charge is 0.385 e. The standard InChI is InChI=1S/C15H28N2O3/c1-11(13-4-3-6-16-9-13)8-14(18)17-10-15(19)5-7-20-12(15)2/h11-13,16,19H,3-10H2,1-2H3,(H,17,18). The maximum Gasteiger partial charge on any atom is 0.220 e. The van der Waals surface area contributed by atoms with Gasteiger partial charge in [0, 0.05) is 26.0 Å². The molecule has 116 valence electrons. The van der Waals surface area contributed by atoms with Crippen LogP contribution in [0.15, 0.2) is 0 Å². The summed E-state index contributed by atoms with van der Waals surface area (Å²) >= 11 is 0. The number of carbonyl (C=O) groups excluding carboxylic acids is 1. The van der Waals surface area contributed by atoms with Crippen LogP contribution in [0.25, 0.3) is 0 Å². The van der Waals surface area contributed by atoms with Crippen molar-refractivity contribution in [3.05, 3.63) is 0 Å². The molecule has 0 aromatic heterocycles. The van der Waals surface area contributed by atoms with Crippen LogP contribution in [-0.4, -0.2) is 49.0 Å². The number of rotatable bonds is 5. The van der Waals surface area contributed by atoms with E-state index in [0.717, 1.165) is 13.1 Å². The van der Waals surface area contributed by atoms with Gasteiger partial charge >= 0.3 is 0 Å². The van der Waals surface area contributed by atoms with E-state index < -0.39 is 5.60 Å². The van der Waals surface area contributed by atoms with Crippen molar-refractivity contribution in [1.82, 2.24) is 10.6 Å². The number of nitrogens with one attached hydrogen (secondary N) is 2. The third-order valence-corrected chi connectivity index (χ3v) is 4.90. The zero-order chi connectivity index (χ0) is 14.6. The Morgan fingerprint density at radius 3 is 3.00 bits per heavy atom. The summed E-state index contributed by atoms with van der Waals surface area (Å²) in [6, 6.07) is 0. The fourth-order valence-corrected chi connectivity index (χ4v) is 3.15. The molecule has 4 unspecified atom stereocenters. The maximum absolute atomic E-state index is 12.0. The minimum atomic E-state index is -0.898. The molecule has 5 heteroatoms. The summed E-state index contributed by atoms with van der Waals surface area (Å²) in [4.78, 5) is 12.0. The Bertz CT molecular complexity index is 331. The smallest absolute Gasteiger partial charge is 0.220 e. The monoisotopic (exact) mass is 284 g/mol. The van der Waals surface area contributed by atoms with Gasteiger partial charge in [-0.05, 0) is 44.7 Å². The Morgan fingerprint density at radius 1 is 1.60 bits per heavy atom. The molecule has 0 saturated carbocycles. The predicted molar refractivity (Wildman–Crippen MR) is 77.4 cm³/mol. The lowest BCUT2D eigenvalue weighted by Gasteiger charge is -2.29.